The molecule has 1 aromatic rings. The van der Waals surface area contributed by atoms with E-state index in [4.69, 9.17) is 16.3 Å². The third-order valence-corrected chi connectivity index (χ3v) is 5.44. The number of hydrogen-bond donors (Lipinski definition) is 0. The minimum Gasteiger partial charge on any atom is -0.373 e. The summed E-state index contributed by atoms with van der Waals surface area (Å²) in [4.78, 5) is 9.90. The molecule has 0 aliphatic carbocycles. The molecule has 1 saturated heterocycles. The normalized spacial score (nSPS) is 24.0. The third-order valence-electron chi connectivity index (χ3n) is 3.13. The van der Waals surface area contributed by atoms with Crippen LogP contribution in [0.3, 0.4) is 0 Å². The molecule has 7 nitrogen and oxygen atoms in total. The highest BCUT2D eigenvalue weighted by atomic mass is 35.5. The molecule has 1 heterocycles. The van der Waals surface area contributed by atoms with Gasteiger partial charge in [0.15, 0.2) is 0 Å². The van der Waals surface area contributed by atoms with Crippen molar-refractivity contribution in [3.8, 4) is 0 Å². The molecule has 1 aliphatic rings. The Hall–Kier alpha value is -1.22. The fraction of sp³-hybridized carbons (Fsp3) is 0.500. The quantitative estimate of drug-likeness (QED) is 0.623. The fourth-order valence-electron chi connectivity index (χ4n) is 2.27. The first-order valence-corrected chi connectivity index (χ1v) is 8.13. The van der Waals surface area contributed by atoms with Crippen molar-refractivity contribution >= 4 is 27.3 Å². The van der Waals surface area contributed by atoms with Crippen molar-refractivity contribution in [2.45, 2.75) is 31.0 Å². The first-order chi connectivity index (χ1) is 9.71. The number of sulfonamides is 1. The summed E-state index contributed by atoms with van der Waals surface area (Å²) in [5.41, 5.74) is -0.313. The van der Waals surface area contributed by atoms with Crippen LogP contribution in [0.5, 0.6) is 0 Å². The molecule has 9 heteroatoms. The monoisotopic (exact) mass is 334 g/mol. The highest BCUT2D eigenvalue weighted by Crippen LogP contribution is 2.30. The zero-order valence-electron chi connectivity index (χ0n) is 11.5. The lowest BCUT2D eigenvalue weighted by Gasteiger charge is -2.34. The van der Waals surface area contributed by atoms with Crippen LogP contribution >= 0.6 is 11.6 Å². The fourth-order valence-corrected chi connectivity index (χ4v) is 4.35. The second-order valence-electron chi connectivity index (χ2n) is 4.95. The van der Waals surface area contributed by atoms with Crippen molar-refractivity contribution in [2.24, 2.45) is 0 Å². The molecule has 0 radical (unpaired) electrons. The Bertz CT molecular complexity index is 654. The van der Waals surface area contributed by atoms with E-state index < -0.39 is 14.9 Å². The molecule has 1 aromatic carbocycles. The number of morpholine rings is 1. The Morgan fingerprint density at radius 2 is 1.90 bits per heavy atom. The molecule has 2 rings (SSSR count). The van der Waals surface area contributed by atoms with Crippen LogP contribution in [0.15, 0.2) is 23.1 Å². The second kappa shape index (κ2) is 5.88. The molecular formula is C12H15ClN2O5S. The summed E-state index contributed by atoms with van der Waals surface area (Å²) < 4.78 is 32.0. The minimum absolute atomic E-state index is 0.0348. The number of hydrogen-bond acceptors (Lipinski definition) is 5. The first-order valence-electron chi connectivity index (χ1n) is 6.31. The molecule has 21 heavy (non-hydrogen) atoms. The maximum atomic E-state index is 12.6. The molecule has 0 bridgehead atoms. The van der Waals surface area contributed by atoms with Crippen molar-refractivity contribution in [2.75, 3.05) is 13.1 Å². The van der Waals surface area contributed by atoms with Gasteiger partial charge in [0.05, 0.1) is 22.2 Å². The van der Waals surface area contributed by atoms with E-state index in [1.54, 1.807) is 13.8 Å². The zero-order valence-corrected chi connectivity index (χ0v) is 13.1. The van der Waals surface area contributed by atoms with E-state index in [1.807, 2.05) is 0 Å². The number of benzene rings is 1. The molecular weight excluding hydrogens is 320 g/mol. The van der Waals surface area contributed by atoms with Gasteiger partial charge in [0, 0.05) is 25.2 Å². The molecule has 2 atom stereocenters. The lowest BCUT2D eigenvalue weighted by molar-refractivity contribution is -0.385. The summed E-state index contributed by atoms with van der Waals surface area (Å²) >= 11 is 5.92. The molecule has 1 aliphatic heterocycles. The van der Waals surface area contributed by atoms with E-state index in [0.717, 1.165) is 6.07 Å². The summed E-state index contributed by atoms with van der Waals surface area (Å²) in [6.07, 6.45) is -0.498. The highest BCUT2D eigenvalue weighted by Gasteiger charge is 2.34. The number of halogens is 1. The van der Waals surface area contributed by atoms with Gasteiger partial charge in [-0.3, -0.25) is 10.1 Å². The van der Waals surface area contributed by atoms with Crippen LogP contribution in [0, 0.1) is 10.1 Å². The Balaban J connectivity index is 2.44. The SMILES string of the molecule is C[C@H]1CN(S(=O)(=O)c2cc([N+](=O)[O-])ccc2Cl)C[C@H](C)O1. The maximum Gasteiger partial charge on any atom is 0.270 e. The Kier molecular flexibility index (Phi) is 4.52. The van der Waals surface area contributed by atoms with E-state index in [-0.39, 0.29) is 40.9 Å². The predicted molar refractivity (Wildman–Crippen MR) is 76.9 cm³/mol. The number of ether oxygens (including phenoxy) is 1. The number of rotatable bonds is 3. The van der Waals surface area contributed by atoms with Gasteiger partial charge in [-0.05, 0) is 19.9 Å². The maximum absolute atomic E-state index is 12.6. The van der Waals surface area contributed by atoms with Crippen LogP contribution in [0.25, 0.3) is 0 Å². The molecule has 0 aromatic heterocycles. The summed E-state index contributed by atoms with van der Waals surface area (Å²) in [6, 6.07) is 3.38. The second-order valence-corrected chi connectivity index (χ2v) is 7.26. The van der Waals surface area contributed by atoms with Gasteiger partial charge in [-0.15, -0.1) is 0 Å². The Morgan fingerprint density at radius 1 is 1.33 bits per heavy atom. The number of nitro groups is 1. The van der Waals surface area contributed by atoms with Crippen molar-refractivity contribution < 1.29 is 18.1 Å². The summed E-state index contributed by atoms with van der Waals surface area (Å²) in [7, 11) is -3.90. The average molecular weight is 335 g/mol. The molecule has 0 spiro atoms. The summed E-state index contributed by atoms with van der Waals surface area (Å²) in [5.74, 6) is 0. The Labute approximate surface area is 127 Å². The van der Waals surface area contributed by atoms with E-state index in [9.17, 15) is 18.5 Å². The van der Waals surface area contributed by atoms with Crippen LogP contribution in [0.1, 0.15) is 13.8 Å². The van der Waals surface area contributed by atoms with Gasteiger partial charge in [0.1, 0.15) is 4.90 Å². The van der Waals surface area contributed by atoms with Crippen molar-refractivity contribution in [3.05, 3.63) is 33.3 Å². The predicted octanol–water partition coefficient (Wildman–Crippen LogP) is 2.05. The average Bonchev–Trinajstić information content (AvgIpc) is 2.37. The van der Waals surface area contributed by atoms with Crippen molar-refractivity contribution in [3.63, 3.8) is 0 Å². The van der Waals surface area contributed by atoms with Crippen LogP contribution in [-0.2, 0) is 14.8 Å². The van der Waals surface area contributed by atoms with E-state index in [0.29, 0.717) is 0 Å². The molecule has 1 fully saturated rings. The van der Waals surface area contributed by atoms with Crippen LogP contribution in [0.4, 0.5) is 5.69 Å². The topological polar surface area (TPSA) is 89.8 Å². The zero-order chi connectivity index (χ0) is 15.8. The van der Waals surface area contributed by atoms with Gasteiger partial charge < -0.3 is 4.74 Å². The van der Waals surface area contributed by atoms with Gasteiger partial charge in [0.2, 0.25) is 10.0 Å². The van der Waals surface area contributed by atoms with E-state index in [1.165, 1.54) is 16.4 Å². The van der Waals surface area contributed by atoms with Crippen LogP contribution in [-0.4, -0.2) is 42.9 Å². The summed E-state index contributed by atoms with van der Waals surface area (Å²) in [5, 5.41) is 10.8. The summed E-state index contributed by atoms with van der Waals surface area (Å²) in [6.45, 7) is 3.91. The van der Waals surface area contributed by atoms with E-state index >= 15 is 0 Å². The largest absolute Gasteiger partial charge is 0.373 e. The van der Waals surface area contributed by atoms with Crippen molar-refractivity contribution in [1.82, 2.24) is 4.31 Å². The number of nitro benzene ring substituents is 1. The van der Waals surface area contributed by atoms with Crippen LogP contribution < -0.4 is 0 Å². The molecule has 0 saturated carbocycles. The van der Waals surface area contributed by atoms with E-state index in [2.05, 4.69) is 0 Å². The van der Waals surface area contributed by atoms with Gasteiger partial charge in [-0.1, -0.05) is 11.6 Å². The lowest BCUT2D eigenvalue weighted by Crippen LogP contribution is -2.48. The molecule has 0 amide bonds. The van der Waals surface area contributed by atoms with Gasteiger partial charge in [-0.2, -0.15) is 4.31 Å². The number of nitrogens with zero attached hydrogens (tertiary/aromatic N) is 2. The number of non-ortho nitro benzene ring substituents is 1. The molecule has 0 N–H and O–H groups in total. The van der Waals surface area contributed by atoms with Crippen LogP contribution in [0.2, 0.25) is 5.02 Å². The Morgan fingerprint density at radius 3 is 2.43 bits per heavy atom. The van der Waals surface area contributed by atoms with Gasteiger partial charge >= 0.3 is 0 Å². The standard InChI is InChI=1S/C12H15ClN2O5S/c1-8-6-14(7-9(2)20-8)21(18,19)12-5-10(15(16)17)3-4-11(12)13/h3-5,8-9H,6-7H2,1-2H3/t8-,9-/m0/s1. The highest BCUT2D eigenvalue weighted by molar-refractivity contribution is 7.89. The van der Waals surface area contributed by atoms with Gasteiger partial charge in [-0.25, -0.2) is 8.42 Å². The smallest absolute Gasteiger partial charge is 0.270 e. The molecule has 0 unspecified atom stereocenters. The lowest BCUT2D eigenvalue weighted by atomic mass is 10.3. The third kappa shape index (κ3) is 3.34. The first kappa shape index (κ1) is 16.2. The molecule has 116 valence electrons. The van der Waals surface area contributed by atoms with Crippen molar-refractivity contribution in [1.29, 1.82) is 0 Å². The minimum atomic E-state index is -3.90. The van der Waals surface area contributed by atoms with Gasteiger partial charge in [0.25, 0.3) is 5.69 Å².